The molecule has 0 aliphatic heterocycles. The average molecular weight is 565 g/mol. The van der Waals surface area contributed by atoms with E-state index in [2.05, 4.69) is 72.0 Å². The van der Waals surface area contributed by atoms with Crippen LogP contribution < -0.4 is 9.13 Å². The molecule has 0 aliphatic carbocycles. The van der Waals surface area contributed by atoms with Gasteiger partial charge in [-0.05, 0) is 43.2 Å². The third kappa shape index (κ3) is 19.9. The quantitative estimate of drug-likeness (QED) is 0.0717. The van der Waals surface area contributed by atoms with Gasteiger partial charge in [-0.25, -0.2) is 9.13 Å². The first-order chi connectivity index (χ1) is 20.3. The molecule has 2 rings (SSSR count). The predicted molar refractivity (Wildman–Crippen MR) is 178 cm³/mol. The van der Waals surface area contributed by atoms with E-state index < -0.39 is 0 Å². The Bertz CT molecular complexity index is 741. The fourth-order valence-electron chi connectivity index (χ4n) is 6.02. The summed E-state index contributed by atoms with van der Waals surface area (Å²) >= 11 is 0. The number of unbranched alkanes of at least 4 members (excludes halogenated alkanes) is 20. The van der Waals surface area contributed by atoms with Crippen molar-refractivity contribution in [1.29, 1.82) is 0 Å². The van der Waals surface area contributed by atoms with Crippen molar-refractivity contribution in [3.63, 3.8) is 0 Å². The van der Waals surface area contributed by atoms with Gasteiger partial charge in [0.05, 0.1) is 0 Å². The zero-order chi connectivity index (χ0) is 29.1. The summed E-state index contributed by atoms with van der Waals surface area (Å²) in [7, 11) is 0. The maximum atomic E-state index is 2.38. The molecule has 2 heteroatoms. The molecule has 0 saturated heterocycles. The van der Waals surface area contributed by atoms with Crippen LogP contribution in [-0.2, 0) is 25.9 Å². The van der Waals surface area contributed by atoms with E-state index >= 15 is 0 Å². The molecular formula is C39H68N2+2. The number of hydrogen-bond acceptors (Lipinski definition) is 0. The number of aromatic nitrogens is 2. The van der Waals surface area contributed by atoms with Gasteiger partial charge in [0.2, 0.25) is 0 Å². The molecule has 2 aromatic heterocycles. The van der Waals surface area contributed by atoms with E-state index in [0.29, 0.717) is 0 Å². The Kier molecular flexibility index (Phi) is 22.5. The van der Waals surface area contributed by atoms with E-state index in [1.165, 1.54) is 185 Å². The van der Waals surface area contributed by atoms with Gasteiger partial charge in [0.1, 0.15) is 13.1 Å². The lowest BCUT2D eigenvalue weighted by atomic mass is 10.1. The van der Waals surface area contributed by atoms with Crippen molar-refractivity contribution in [2.24, 2.45) is 0 Å². The Balaban J connectivity index is 1.44. The van der Waals surface area contributed by atoms with Crippen LogP contribution in [0.4, 0.5) is 0 Å². The summed E-state index contributed by atoms with van der Waals surface area (Å²) < 4.78 is 4.76. The summed E-state index contributed by atoms with van der Waals surface area (Å²) in [5.41, 5.74) is 2.95. The van der Waals surface area contributed by atoms with Gasteiger partial charge in [-0.1, -0.05) is 129 Å². The van der Waals surface area contributed by atoms with Crippen LogP contribution >= 0.6 is 0 Å². The monoisotopic (exact) mass is 565 g/mol. The highest BCUT2D eigenvalue weighted by molar-refractivity contribution is 5.10. The Morgan fingerprint density at radius 2 is 0.610 bits per heavy atom. The first-order valence-electron chi connectivity index (χ1n) is 18.3. The third-order valence-electron chi connectivity index (χ3n) is 8.89. The molecule has 0 amide bonds. The van der Waals surface area contributed by atoms with Crippen molar-refractivity contribution in [3.8, 4) is 0 Å². The molecule has 0 aromatic carbocycles. The molecule has 0 N–H and O–H groups in total. The second kappa shape index (κ2) is 26.0. The Labute approximate surface area is 256 Å². The summed E-state index contributed by atoms with van der Waals surface area (Å²) in [6.45, 7) is 6.93. The first kappa shape index (κ1) is 35.5. The van der Waals surface area contributed by atoms with Crippen molar-refractivity contribution < 1.29 is 9.13 Å². The SMILES string of the molecule is CCCCCCCCCCCCC[n+]1ccc(CCCc2cc[n+](CCCCCCCCCCCCC)cc2)cc1. The Hall–Kier alpha value is -1.70. The maximum absolute atomic E-state index is 2.38. The van der Waals surface area contributed by atoms with Crippen LogP contribution in [0.3, 0.4) is 0 Å². The van der Waals surface area contributed by atoms with E-state index in [1.807, 2.05) is 0 Å². The molecular weight excluding hydrogens is 496 g/mol. The molecule has 0 atom stereocenters. The van der Waals surface area contributed by atoms with Crippen molar-refractivity contribution in [3.05, 3.63) is 60.2 Å². The van der Waals surface area contributed by atoms with Gasteiger partial charge >= 0.3 is 0 Å². The minimum atomic E-state index is 1.17. The van der Waals surface area contributed by atoms with Gasteiger partial charge in [-0.15, -0.1) is 0 Å². The summed E-state index contributed by atoms with van der Waals surface area (Å²) in [5, 5.41) is 0. The Morgan fingerprint density at radius 1 is 0.341 bits per heavy atom. The highest BCUT2D eigenvalue weighted by Gasteiger charge is 2.04. The molecule has 0 radical (unpaired) electrons. The van der Waals surface area contributed by atoms with Crippen molar-refractivity contribution in [2.45, 2.75) is 187 Å². The summed E-state index contributed by atoms with van der Waals surface area (Å²) in [5.74, 6) is 0. The van der Waals surface area contributed by atoms with Crippen LogP contribution in [-0.4, -0.2) is 0 Å². The van der Waals surface area contributed by atoms with Crippen LogP contribution in [0, 0.1) is 0 Å². The van der Waals surface area contributed by atoms with Gasteiger partial charge in [0.25, 0.3) is 0 Å². The topological polar surface area (TPSA) is 7.76 Å². The predicted octanol–water partition coefficient (Wildman–Crippen LogP) is 11.1. The lowest BCUT2D eigenvalue weighted by molar-refractivity contribution is -0.697. The van der Waals surface area contributed by atoms with Crippen LogP contribution in [0.1, 0.15) is 173 Å². The molecule has 2 nitrogen and oxygen atoms in total. The summed E-state index contributed by atoms with van der Waals surface area (Å²) in [6.07, 6.45) is 43.8. The normalized spacial score (nSPS) is 11.4. The molecule has 0 fully saturated rings. The number of nitrogens with zero attached hydrogens (tertiary/aromatic N) is 2. The number of hydrogen-bond donors (Lipinski definition) is 0. The van der Waals surface area contributed by atoms with Gasteiger partial charge in [-0.2, -0.15) is 0 Å². The highest BCUT2D eigenvalue weighted by atomic mass is 14.9. The minimum absolute atomic E-state index is 1.17. The van der Waals surface area contributed by atoms with E-state index in [-0.39, 0.29) is 0 Å². The Morgan fingerprint density at radius 3 is 0.902 bits per heavy atom. The fourth-order valence-corrected chi connectivity index (χ4v) is 6.02. The molecule has 2 heterocycles. The van der Waals surface area contributed by atoms with Crippen LogP contribution in [0.2, 0.25) is 0 Å². The number of aryl methyl sites for hydroxylation is 4. The maximum Gasteiger partial charge on any atom is 0.169 e. The van der Waals surface area contributed by atoms with Crippen molar-refractivity contribution >= 4 is 0 Å². The van der Waals surface area contributed by atoms with E-state index in [4.69, 9.17) is 0 Å². The molecule has 0 bridgehead atoms. The molecule has 232 valence electrons. The lowest BCUT2D eigenvalue weighted by Crippen LogP contribution is -2.32. The van der Waals surface area contributed by atoms with Crippen LogP contribution in [0.5, 0.6) is 0 Å². The fraction of sp³-hybridized carbons (Fsp3) is 0.744. The zero-order valence-corrected chi connectivity index (χ0v) is 27.6. The molecule has 2 aromatic rings. The lowest BCUT2D eigenvalue weighted by Gasteiger charge is -2.04. The first-order valence-corrected chi connectivity index (χ1v) is 18.3. The van der Waals surface area contributed by atoms with Crippen LogP contribution in [0.15, 0.2) is 49.1 Å². The number of pyridine rings is 2. The molecule has 41 heavy (non-hydrogen) atoms. The van der Waals surface area contributed by atoms with E-state index in [1.54, 1.807) is 0 Å². The molecule has 0 unspecified atom stereocenters. The average Bonchev–Trinajstić information content (AvgIpc) is 3.00. The van der Waals surface area contributed by atoms with Crippen molar-refractivity contribution in [1.82, 2.24) is 0 Å². The molecule has 0 saturated carbocycles. The molecule has 0 aliphatic rings. The van der Waals surface area contributed by atoms with Crippen LogP contribution in [0.25, 0.3) is 0 Å². The highest BCUT2D eigenvalue weighted by Crippen LogP contribution is 2.13. The third-order valence-corrected chi connectivity index (χ3v) is 8.89. The van der Waals surface area contributed by atoms with Gasteiger partial charge in [0.15, 0.2) is 24.8 Å². The summed E-state index contributed by atoms with van der Waals surface area (Å²) in [6, 6.07) is 9.35. The van der Waals surface area contributed by atoms with Gasteiger partial charge < -0.3 is 0 Å². The zero-order valence-electron chi connectivity index (χ0n) is 27.6. The smallest absolute Gasteiger partial charge is 0.169 e. The molecule has 0 spiro atoms. The summed E-state index contributed by atoms with van der Waals surface area (Å²) in [4.78, 5) is 0. The van der Waals surface area contributed by atoms with Crippen molar-refractivity contribution in [2.75, 3.05) is 0 Å². The van der Waals surface area contributed by atoms with Gasteiger partial charge in [0, 0.05) is 37.1 Å². The second-order valence-electron chi connectivity index (χ2n) is 12.8. The minimum Gasteiger partial charge on any atom is -0.205 e. The van der Waals surface area contributed by atoms with Gasteiger partial charge in [-0.3, -0.25) is 0 Å². The van der Waals surface area contributed by atoms with E-state index in [9.17, 15) is 0 Å². The standard InChI is InChI=1S/C39H68N2/c1-3-5-7-9-11-13-15-17-19-21-23-32-40-34-28-38(29-35-40)26-25-27-39-30-36-41(37-31-39)33-24-22-20-18-16-14-12-10-8-6-4-2/h28-31,34-37H,3-27,32-33H2,1-2H3/q+2. The number of rotatable bonds is 28. The second-order valence-corrected chi connectivity index (χ2v) is 12.8. The largest absolute Gasteiger partial charge is 0.205 e. The van der Waals surface area contributed by atoms with E-state index in [0.717, 1.165) is 0 Å².